The highest BCUT2D eigenvalue weighted by atomic mass is 79.9. The van der Waals surface area contributed by atoms with Crippen LogP contribution in [0.2, 0.25) is 0 Å². The summed E-state index contributed by atoms with van der Waals surface area (Å²) in [7, 11) is 1.64. The second-order valence-electron chi connectivity index (χ2n) is 7.50. The Morgan fingerprint density at radius 2 is 1.88 bits per heavy atom. The minimum absolute atomic E-state index is 0.0491. The number of benzene rings is 2. The van der Waals surface area contributed by atoms with Crippen molar-refractivity contribution < 1.29 is 9.53 Å². The maximum Gasteiger partial charge on any atom is 0.163 e. The van der Waals surface area contributed by atoms with Crippen molar-refractivity contribution in [2.45, 2.75) is 39.0 Å². The smallest absolute Gasteiger partial charge is 0.163 e. The predicted octanol–water partition coefficient (Wildman–Crippen LogP) is 5.50. The predicted molar refractivity (Wildman–Crippen MR) is 104 cm³/mol. The van der Waals surface area contributed by atoms with E-state index in [1.54, 1.807) is 14.0 Å². The van der Waals surface area contributed by atoms with Crippen molar-refractivity contribution in [3.63, 3.8) is 0 Å². The van der Waals surface area contributed by atoms with Crippen molar-refractivity contribution in [3.05, 3.63) is 68.2 Å². The van der Waals surface area contributed by atoms with Gasteiger partial charge >= 0.3 is 0 Å². The van der Waals surface area contributed by atoms with Gasteiger partial charge < -0.3 is 4.74 Å². The Labute approximate surface area is 157 Å². The number of Topliss-reactive ketones (excluding diaryl/α,β-unsaturated/α-hetero) is 1. The number of halogens is 1. The van der Waals surface area contributed by atoms with Crippen molar-refractivity contribution >= 4 is 27.3 Å². The summed E-state index contributed by atoms with van der Waals surface area (Å²) in [6.07, 6.45) is 1.88. The molecule has 0 N–H and O–H groups in total. The molecule has 0 saturated heterocycles. The van der Waals surface area contributed by atoms with E-state index in [4.69, 9.17) is 4.74 Å². The fraction of sp³-hybridized carbons (Fsp3) is 0.318. The number of hydrogen-bond acceptors (Lipinski definition) is 2. The lowest BCUT2D eigenvalue weighted by molar-refractivity contribution is 0.101. The second kappa shape index (κ2) is 5.57. The molecule has 0 heterocycles. The van der Waals surface area contributed by atoms with Crippen LogP contribution in [0.15, 0.2) is 40.4 Å². The van der Waals surface area contributed by atoms with Crippen LogP contribution in [0.25, 0.3) is 5.57 Å². The lowest BCUT2D eigenvalue weighted by Gasteiger charge is -2.36. The van der Waals surface area contributed by atoms with Gasteiger partial charge in [-0.1, -0.05) is 41.4 Å². The average molecular weight is 397 g/mol. The van der Waals surface area contributed by atoms with E-state index in [0.717, 1.165) is 17.3 Å². The van der Waals surface area contributed by atoms with Crippen LogP contribution in [0.5, 0.6) is 5.75 Å². The number of rotatable bonds is 2. The Bertz CT molecular complexity index is 951. The van der Waals surface area contributed by atoms with Gasteiger partial charge in [0.1, 0.15) is 5.75 Å². The molecular weight excluding hydrogens is 376 g/mol. The molecule has 0 atom stereocenters. The molecule has 0 amide bonds. The first-order chi connectivity index (χ1) is 11.8. The van der Waals surface area contributed by atoms with Crippen LogP contribution in [-0.4, -0.2) is 12.9 Å². The molecule has 0 aromatic heterocycles. The van der Waals surface area contributed by atoms with Gasteiger partial charge in [0.15, 0.2) is 5.78 Å². The number of hydrogen-bond donors (Lipinski definition) is 0. The maximum atomic E-state index is 12.0. The highest BCUT2D eigenvalue weighted by molar-refractivity contribution is 9.10. The quantitative estimate of drug-likeness (QED) is 0.626. The van der Waals surface area contributed by atoms with Crippen molar-refractivity contribution in [1.82, 2.24) is 0 Å². The molecule has 2 aromatic rings. The topological polar surface area (TPSA) is 26.3 Å². The largest absolute Gasteiger partial charge is 0.496 e. The van der Waals surface area contributed by atoms with Crippen molar-refractivity contribution in [3.8, 4) is 5.75 Å². The van der Waals surface area contributed by atoms with Crippen molar-refractivity contribution in [2.24, 2.45) is 0 Å². The summed E-state index contributed by atoms with van der Waals surface area (Å²) in [6, 6.07) is 10.7. The fourth-order valence-electron chi connectivity index (χ4n) is 4.41. The number of fused-ring (bicyclic) bond motifs is 3. The van der Waals surface area contributed by atoms with Crippen LogP contribution in [0.4, 0.5) is 0 Å². The zero-order valence-corrected chi connectivity index (χ0v) is 16.6. The van der Waals surface area contributed by atoms with E-state index < -0.39 is 0 Å². The first-order valence-electron chi connectivity index (χ1n) is 8.56. The minimum atomic E-state index is -0.0724. The molecule has 0 radical (unpaired) electrons. The van der Waals surface area contributed by atoms with E-state index in [2.05, 4.69) is 54.0 Å². The Morgan fingerprint density at radius 3 is 2.56 bits per heavy atom. The molecule has 2 aliphatic rings. The van der Waals surface area contributed by atoms with E-state index in [-0.39, 0.29) is 11.2 Å². The monoisotopic (exact) mass is 396 g/mol. The van der Waals surface area contributed by atoms with Crippen LogP contribution >= 0.6 is 15.9 Å². The van der Waals surface area contributed by atoms with Crippen molar-refractivity contribution in [2.75, 3.05) is 7.11 Å². The molecule has 3 heteroatoms. The Balaban J connectivity index is 1.91. The van der Waals surface area contributed by atoms with Gasteiger partial charge in [-0.05, 0) is 71.9 Å². The zero-order valence-electron chi connectivity index (χ0n) is 15.0. The zero-order chi connectivity index (χ0) is 17.9. The number of carbonyl (C=O) groups excluding carboxylic acids is 1. The lowest BCUT2D eigenvalue weighted by atomic mass is 9.68. The number of allylic oxidation sites excluding steroid dienone is 2. The van der Waals surface area contributed by atoms with Crippen LogP contribution in [0.3, 0.4) is 0 Å². The minimum Gasteiger partial charge on any atom is -0.496 e. The summed E-state index contributed by atoms with van der Waals surface area (Å²) in [5, 5.41) is 0. The average Bonchev–Trinajstić information content (AvgIpc) is 2.92. The van der Waals surface area contributed by atoms with Gasteiger partial charge in [0.05, 0.1) is 12.7 Å². The fourth-order valence-corrected chi connectivity index (χ4v) is 4.82. The normalized spacial score (nSPS) is 17.0. The van der Waals surface area contributed by atoms with Gasteiger partial charge in [-0.3, -0.25) is 4.79 Å². The van der Waals surface area contributed by atoms with Gasteiger partial charge in [-0.25, -0.2) is 0 Å². The molecule has 25 heavy (non-hydrogen) atoms. The SMILES string of the molecule is COc1cc2c(cc1C(C)=O)CC1=C(Cc3cc(Br)ccc31)C2(C)C. The Morgan fingerprint density at radius 1 is 1.12 bits per heavy atom. The van der Waals surface area contributed by atoms with Gasteiger partial charge in [0, 0.05) is 9.89 Å². The van der Waals surface area contributed by atoms with E-state index in [1.807, 2.05) is 6.07 Å². The Hall–Kier alpha value is -1.87. The molecule has 4 rings (SSSR count). The molecule has 0 aliphatic heterocycles. The molecule has 0 saturated carbocycles. The van der Waals surface area contributed by atoms with Gasteiger partial charge in [-0.2, -0.15) is 0 Å². The molecule has 0 unspecified atom stereocenters. The second-order valence-corrected chi connectivity index (χ2v) is 8.42. The summed E-state index contributed by atoms with van der Waals surface area (Å²) in [6.45, 7) is 6.17. The molecule has 128 valence electrons. The van der Waals surface area contributed by atoms with Gasteiger partial charge in [-0.15, -0.1) is 0 Å². The molecule has 0 fully saturated rings. The molecule has 2 aromatic carbocycles. The number of ketones is 1. The molecule has 2 aliphatic carbocycles. The molecule has 0 bridgehead atoms. The van der Waals surface area contributed by atoms with E-state index in [0.29, 0.717) is 11.3 Å². The van der Waals surface area contributed by atoms with Gasteiger partial charge in [0.25, 0.3) is 0 Å². The summed E-state index contributed by atoms with van der Waals surface area (Å²) >= 11 is 3.59. The number of carbonyl (C=O) groups is 1. The van der Waals surface area contributed by atoms with Gasteiger partial charge in [0.2, 0.25) is 0 Å². The summed E-state index contributed by atoms with van der Waals surface area (Å²) in [5.41, 5.74) is 8.79. The number of methoxy groups -OCH3 is 1. The summed E-state index contributed by atoms with van der Waals surface area (Å²) in [4.78, 5) is 12.0. The van der Waals surface area contributed by atoms with Crippen LogP contribution < -0.4 is 4.74 Å². The highest BCUT2D eigenvalue weighted by Crippen LogP contribution is 2.51. The highest BCUT2D eigenvalue weighted by Gasteiger charge is 2.39. The number of ether oxygens (including phenoxy) is 1. The Kier molecular flexibility index (Phi) is 3.69. The third-order valence-corrected chi connectivity index (χ3v) is 6.22. The van der Waals surface area contributed by atoms with E-state index in [9.17, 15) is 4.79 Å². The van der Waals surface area contributed by atoms with Crippen LogP contribution in [0, 0.1) is 0 Å². The third-order valence-electron chi connectivity index (χ3n) is 5.72. The summed E-state index contributed by atoms with van der Waals surface area (Å²) < 4.78 is 6.64. The van der Waals surface area contributed by atoms with Crippen LogP contribution in [0.1, 0.15) is 53.4 Å². The van der Waals surface area contributed by atoms with Crippen LogP contribution in [-0.2, 0) is 18.3 Å². The standard InChI is InChI=1S/C22H21BrO2/c1-12(24)17-8-14-9-18-16-6-5-15(23)7-13(16)10-20(18)22(2,3)19(14)11-21(17)25-4/h5-8,11H,9-10H2,1-4H3. The maximum absolute atomic E-state index is 12.0. The van der Waals surface area contributed by atoms with E-state index in [1.165, 1.54) is 33.4 Å². The molecular formula is C22H21BrO2. The summed E-state index contributed by atoms with van der Waals surface area (Å²) in [5.74, 6) is 0.731. The third kappa shape index (κ3) is 2.40. The van der Waals surface area contributed by atoms with E-state index >= 15 is 0 Å². The van der Waals surface area contributed by atoms with Crippen molar-refractivity contribution in [1.29, 1.82) is 0 Å². The molecule has 0 spiro atoms. The molecule has 2 nitrogen and oxygen atoms in total. The first kappa shape index (κ1) is 16.6. The lowest BCUT2D eigenvalue weighted by Crippen LogP contribution is -2.27. The first-order valence-corrected chi connectivity index (χ1v) is 9.36.